The van der Waals surface area contributed by atoms with E-state index in [-0.39, 0.29) is 16.8 Å². The molecule has 0 bridgehead atoms. The Labute approximate surface area is 138 Å². The summed E-state index contributed by atoms with van der Waals surface area (Å²) >= 11 is 0. The lowest BCUT2D eigenvalue weighted by Crippen LogP contribution is -2.19. The summed E-state index contributed by atoms with van der Waals surface area (Å²) in [7, 11) is 0. The lowest BCUT2D eigenvalue weighted by molar-refractivity contribution is -0.384. The summed E-state index contributed by atoms with van der Waals surface area (Å²) in [6.45, 7) is 0.712. The van der Waals surface area contributed by atoms with Gasteiger partial charge in [-0.2, -0.15) is 5.10 Å². The van der Waals surface area contributed by atoms with Gasteiger partial charge in [0.15, 0.2) is 6.23 Å². The molecule has 0 N–H and O–H groups in total. The van der Waals surface area contributed by atoms with Gasteiger partial charge in [-0.1, -0.05) is 0 Å². The van der Waals surface area contributed by atoms with Crippen LogP contribution in [0.5, 0.6) is 0 Å². The monoisotopic (exact) mass is 324 g/mol. The highest BCUT2D eigenvalue weighted by atomic mass is 16.6. The van der Waals surface area contributed by atoms with Crippen LogP contribution < -0.4 is 0 Å². The third kappa shape index (κ3) is 2.52. The van der Waals surface area contributed by atoms with Gasteiger partial charge in [-0.15, -0.1) is 0 Å². The first-order chi connectivity index (χ1) is 11.7. The van der Waals surface area contributed by atoms with Crippen molar-refractivity contribution in [3.8, 4) is 11.3 Å². The minimum absolute atomic E-state index is 0.0573. The Morgan fingerprint density at radius 3 is 2.75 bits per heavy atom. The van der Waals surface area contributed by atoms with Crippen LogP contribution in [0.25, 0.3) is 22.2 Å². The molecular weight excluding hydrogens is 308 g/mol. The van der Waals surface area contributed by atoms with E-state index >= 15 is 0 Å². The number of nitrogens with zero attached hydrogens (tertiary/aromatic N) is 4. The molecule has 7 heteroatoms. The number of fused-ring (bicyclic) bond motifs is 1. The lowest BCUT2D eigenvalue weighted by atomic mass is 10.1. The molecular formula is C17H16N4O3. The molecule has 3 heterocycles. The number of ether oxygens (including phenoxy) is 1. The van der Waals surface area contributed by atoms with Crippen molar-refractivity contribution in [3.63, 3.8) is 0 Å². The molecule has 0 radical (unpaired) electrons. The van der Waals surface area contributed by atoms with Gasteiger partial charge >= 0.3 is 0 Å². The molecule has 122 valence electrons. The summed E-state index contributed by atoms with van der Waals surface area (Å²) in [5.41, 5.74) is 2.50. The van der Waals surface area contributed by atoms with Gasteiger partial charge in [0.2, 0.25) is 0 Å². The number of hydrogen-bond acceptors (Lipinski definition) is 5. The molecule has 0 saturated carbocycles. The number of benzene rings is 1. The van der Waals surface area contributed by atoms with E-state index < -0.39 is 0 Å². The second kappa shape index (κ2) is 6.01. The first-order valence-corrected chi connectivity index (χ1v) is 7.93. The number of non-ortho nitro benzene ring substituents is 1. The number of rotatable bonds is 3. The SMILES string of the molecule is O=[N+]([O-])c1ccc2c(c1)c(-c1ccncc1)nn2[C@@H]1CCCCO1. The molecule has 1 aliphatic rings. The molecule has 1 atom stereocenters. The quantitative estimate of drug-likeness (QED) is 0.542. The number of hydrogen-bond donors (Lipinski definition) is 0. The first kappa shape index (κ1) is 14.8. The maximum absolute atomic E-state index is 11.1. The molecule has 2 aromatic heterocycles. The highest BCUT2D eigenvalue weighted by molar-refractivity contribution is 5.94. The molecule has 0 amide bonds. The zero-order valence-electron chi connectivity index (χ0n) is 13.0. The minimum atomic E-state index is -0.385. The third-order valence-electron chi connectivity index (χ3n) is 4.28. The van der Waals surface area contributed by atoms with Crippen LogP contribution in [-0.4, -0.2) is 26.3 Å². The van der Waals surface area contributed by atoms with Gasteiger partial charge in [0.05, 0.1) is 10.4 Å². The fourth-order valence-electron chi connectivity index (χ4n) is 3.10. The molecule has 1 fully saturated rings. The first-order valence-electron chi connectivity index (χ1n) is 7.93. The average Bonchev–Trinajstić information content (AvgIpc) is 3.02. The number of aromatic nitrogens is 3. The highest BCUT2D eigenvalue weighted by Crippen LogP contribution is 2.34. The van der Waals surface area contributed by atoms with E-state index in [1.165, 1.54) is 6.07 Å². The molecule has 1 saturated heterocycles. The Morgan fingerprint density at radius 1 is 1.21 bits per heavy atom. The Bertz CT molecular complexity index is 885. The van der Waals surface area contributed by atoms with E-state index in [1.54, 1.807) is 24.5 Å². The van der Waals surface area contributed by atoms with Crippen LogP contribution >= 0.6 is 0 Å². The maximum atomic E-state index is 11.1. The largest absolute Gasteiger partial charge is 0.356 e. The van der Waals surface area contributed by atoms with Gasteiger partial charge in [0, 0.05) is 42.1 Å². The van der Waals surface area contributed by atoms with E-state index in [4.69, 9.17) is 9.84 Å². The van der Waals surface area contributed by atoms with E-state index in [0.717, 1.165) is 35.7 Å². The Kier molecular flexibility index (Phi) is 3.70. The average molecular weight is 324 g/mol. The van der Waals surface area contributed by atoms with Gasteiger partial charge in [0.25, 0.3) is 5.69 Å². The molecule has 24 heavy (non-hydrogen) atoms. The Hall–Kier alpha value is -2.80. The third-order valence-corrected chi connectivity index (χ3v) is 4.28. The second-order valence-corrected chi connectivity index (χ2v) is 5.81. The summed E-state index contributed by atoms with van der Waals surface area (Å²) in [5, 5.41) is 16.6. The van der Waals surface area contributed by atoms with E-state index in [0.29, 0.717) is 12.3 Å². The molecule has 0 unspecified atom stereocenters. The van der Waals surface area contributed by atoms with Gasteiger partial charge in [-0.3, -0.25) is 15.1 Å². The predicted molar refractivity (Wildman–Crippen MR) is 88.5 cm³/mol. The van der Waals surface area contributed by atoms with Crippen molar-refractivity contribution >= 4 is 16.6 Å². The van der Waals surface area contributed by atoms with Crippen molar-refractivity contribution in [1.29, 1.82) is 0 Å². The van der Waals surface area contributed by atoms with E-state index in [1.807, 2.05) is 16.8 Å². The van der Waals surface area contributed by atoms with Crippen molar-refractivity contribution in [3.05, 3.63) is 52.8 Å². The van der Waals surface area contributed by atoms with Crippen molar-refractivity contribution < 1.29 is 9.66 Å². The standard InChI is InChI=1S/C17H16N4O3/c22-21(23)13-4-5-15-14(11-13)17(12-6-8-18-9-7-12)19-20(15)16-3-1-2-10-24-16/h4-9,11,16H,1-3,10H2/t16-/m0/s1. The van der Waals surface area contributed by atoms with Crippen LogP contribution in [-0.2, 0) is 4.74 Å². The predicted octanol–water partition coefficient (Wildman–Crippen LogP) is 3.71. The number of nitro groups is 1. The fraction of sp³-hybridized carbons (Fsp3) is 0.294. The Morgan fingerprint density at radius 2 is 2.04 bits per heavy atom. The van der Waals surface area contributed by atoms with Crippen LogP contribution in [0.1, 0.15) is 25.5 Å². The summed E-state index contributed by atoms with van der Waals surface area (Å²) < 4.78 is 7.71. The zero-order chi connectivity index (χ0) is 16.5. The molecule has 1 aromatic carbocycles. The highest BCUT2D eigenvalue weighted by Gasteiger charge is 2.23. The number of pyridine rings is 1. The molecule has 3 aromatic rings. The normalized spacial score (nSPS) is 17.9. The van der Waals surface area contributed by atoms with E-state index in [9.17, 15) is 10.1 Å². The van der Waals surface area contributed by atoms with Crippen LogP contribution in [0.3, 0.4) is 0 Å². The van der Waals surface area contributed by atoms with E-state index in [2.05, 4.69) is 4.98 Å². The lowest BCUT2D eigenvalue weighted by Gasteiger charge is -2.23. The summed E-state index contributed by atoms with van der Waals surface area (Å²) in [6.07, 6.45) is 6.28. The summed E-state index contributed by atoms with van der Waals surface area (Å²) in [6, 6.07) is 8.56. The Balaban J connectivity index is 1.92. The van der Waals surface area contributed by atoms with Crippen LogP contribution in [0.15, 0.2) is 42.7 Å². The van der Waals surface area contributed by atoms with Crippen LogP contribution in [0.4, 0.5) is 5.69 Å². The number of nitro benzene ring substituents is 1. The summed E-state index contributed by atoms with van der Waals surface area (Å²) in [5.74, 6) is 0. The molecule has 1 aliphatic heterocycles. The smallest absolute Gasteiger partial charge is 0.270 e. The van der Waals surface area contributed by atoms with Gasteiger partial charge in [-0.25, -0.2) is 4.68 Å². The fourth-order valence-corrected chi connectivity index (χ4v) is 3.10. The van der Waals surface area contributed by atoms with Gasteiger partial charge in [0.1, 0.15) is 5.69 Å². The summed E-state index contributed by atoms with van der Waals surface area (Å²) in [4.78, 5) is 14.8. The minimum Gasteiger partial charge on any atom is -0.356 e. The van der Waals surface area contributed by atoms with Crippen LogP contribution in [0.2, 0.25) is 0 Å². The van der Waals surface area contributed by atoms with Gasteiger partial charge in [-0.05, 0) is 37.5 Å². The molecule has 4 rings (SSSR count). The van der Waals surface area contributed by atoms with Crippen LogP contribution in [0, 0.1) is 10.1 Å². The molecule has 0 aliphatic carbocycles. The molecule has 7 nitrogen and oxygen atoms in total. The van der Waals surface area contributed by atoms with Crippen molar-refractivity contribution in [2.45, 2.75) is 25.5 Å². The van der Waals surface area contributed by atoms with Crippen molar-refractivity contribution in [2.24, 2.45) is 0 Å². The van der Waals surface area contributed by atoms with Crippen molar-refractivity contribution in [2.75, 3.05) is 6.61 Å². The molecule has 0 spiro atoms. The zero-order valence-corrected chi connectivity index (χ0v) is 13.0. The maximum Gasteiger partial charge on any atom is 0.270 e. The van der Waals surface area contributed by atoms with Gasteiger partial charge < -0.3 is 4.74 Å². The topological polar surface area (TPSA) is 83.1 Å². The second-order valence-electron chi connectivity index (χ2n) is 5.81. The van der Waals surface area contributed by atoms with Crippen molar-refractivity contribution in [1.82, 2.24) is 14.8 Å².